The normalized spacial score (nSPS) is 17.7. The maximum atomic E-state index is 12.5. The Hall–Kier alpha value is -2.62. The molecule has 1 N–H and O–H groups in total. The van der Waals surface area contributed by atoms with Crippen molar-refractivity contribution in [2.24, 2.45) is 10.9 Å². The van der Waals surface area contributed by atoms with Gasteiger partial charge in [0.2, 0.25) is 5.90 Å². The molecule has 0 fully saturated rings. The summed E-state index contributed by atoms with van der Waals surface area (Å²) in [5.74, 6) is 0.735. The van der Waals surface area contributed by atoms with E-state index in [1.165, 1.54) is 5.56 Å². The average Bonchev–Trinajstić information content (AvgIpc) is 3.09. The number of ether oxygens (including phenoxy) is 1. The van der Waals surface area contributed by atoms with Gasteiger partial charge in [-0.1, -0.05) is 62.4 Å². The number of rotatable bonds is 6. The van der Waals surface area contributed by atoms with Crippen molar-refractivity contribution in [2.75, 3.05) is 6.61 Å². The van der Waals surface area contributed by atoms with E-state index in [-0.39, 0.29) is 23.9 Å². The van der Waals surface area contributed by atoms with Crippen LogP contribution in [-0.2, 0) is 11.2 Å². The van der Waals surface area contributed by atoms with Gasteiger partial charge in [-0.2, -0.15) is 0 Å². The van der Waals surface area contributed by atoms with Gasteiger partial charge in [-0.3, -0.25) is 4.79 Å². The molecular weight excluding hydrogens is 312 g/mol. The lowest BCUT2D eigenvalue weighted by Crippen LogP contribution is -2.44. The van der Waals surface area contributed by atoms with E-state index < -0.39 is 0 Å². The van der Waals surface area contributed by atoms with E-state index in [4.69, 9.17) is 9.73 Å². The van der Waals surface area contributed by atoms with Crippen LogP contribution < -0.4 is 5.32 Å². The molecule has 2 aromatic rings. The number of nitrogens with one attached hydrogen (secondary N) is 1. The lowest BCUT2D eigenvalue weighted by molar-refractivity contribution is 0.0934. The molecule has 1 amide bonds. The third-order valence-electron chi connectivity index (χ3n) is 4.30. The summed E-state index contributed by atoms with van der Waals surface area (Å²) in [4.78, 5) is 17.2. The van der Waals surface area contributed by atoms with E-state index in [0.717, 1.165) is 6.42 Å². The first-order valence-electron chi connectivity index (χ1n) is 8.74. The van der Waals surface area contributed by atoms with E-state index in [1.54, 1.807) is 0 Å². The predicted octanol–water partition coefficient (Wildman–Crippen LogP) is 3.48. The lowest BCUT2D eigenvalue weighted by atomic mass is 10.0. The van der Waals surface area contributed by atoms with Crippen LogP contribution in [0.1, 0.15) is 29.8 Å². The monoisotopic (exact) mass is 336 g/mol. The van der Waals surface area contributed by atoms with Gasteiger partial charge < -0.3 is 10.1 Å². The molecule has 0 radical (unpaired) electrons. The number of nitrogens with zero attached hydrogens (tertiary/aromatic N) is 1. The molecule has 25 heavy (non-hydrogen) atoms. The van der Waals surface area contributed by atoms with Gasteiger partial charge in [-0.25, -0.2) is 4.99 Å². The second-order valence-corrected chi connectivity index (χ2v) is 6.68. The molecule has 1 heterocycles. The van der Waals surface area contributed by atoms with Crippen molar-refractivity contribution >= 4 is 11.8 Å². The third kappa shape index (κ3) is 4.47. The zero-order valence-corrected chi connectivity index (χ0v) is 14.7. The fourth-order valence-electron chi connectivity index (χ4n) is 2.92. The highest BCUT2D eigenvalue weighted by molar-refractivity contribution is 5.97. The standard InChI is InChI=1S/C21H24N2O2/c1-15(2)19(23-20(24)17-11-7-4-8-12-17)21-22-18(14-25-21)13-16-9-5-3-6-10-16/h3-12,15,18-19H,13-14H2,1-2H3,(H,23,24)/t18-,19-/m0/s1. The Labute approximate surface area is 148 Å². The fraction of sp³-hybridized carbons (Fsp3) is 0.333. The zero-order chi connectivity index (χ0) is 17.6. The average molecular weight is 336 g/mol. The Morgan fingerprint density at radius 1 is 1.12 bits per heavy atom. The lowest BCUT2D eigenvalue weighted by Gasteiger charge is -2.21. The SMILES string of the molecule is CC(C)[C@H](NC(=O)c1ccccc1)C1=N[C@@H](Cc2ccccc2)CO1. The summed E-state index contributed by atoms with van der Waals surface area (Å²) in [6, 6.07) is 19.4. The number of benzene rings is 2. The molecule has 0 saturated carbocycles. The van der Waals surface area contributed by atoms with Crippen molar-refractivity contribution in [3.63, 3.8) is 0 Å². The molecule has 0 bridgehead atoms. The number of hydrogen-bond acceptors (Lipinski definition) is 3. The molecule has 0 unspecified atom stereocenters. The highest BCUT2D eigenvalue weighted by Crippen LogP contribution is 2.17. The quantitative estimate of drug-likeness (QED) is 0.878. The van der Waals surface area contributed by atoms with Crippen LogP contribution in [0.25, 0.3) is 0 Å². The summed E-state index contributed by atoms with van der Waals surface area (Å²) in [7, 11) is 0. The van der Waals surface area contributed by atoms with Gasteiger partial charge >= 0.3 is 0 Å². The van der Waals surface area contributed by atoms with Gasteiger partial charge in [0.05, 0.1) is 6.04 Å². The summed E-state index contributed by atoms with van der Waals surface area (Å²) >= 11 is 0. The molecule has 130 valence electrons. The topological polar surface area (TPSA) is 50.7 Å². The molecule has 2 atom stereocenters. The number of carbonyl (C=O) groups excluding carboxylic acids is 1. The predicted molar refractivity (Wildman–Crippen MR) is 99.9 cm³/mol. The molecule has 1 aliphatic rings. The number of amides is 1. The first-order valence-corrected chi connectivity index (χ1v) is 8.74. The van der Waals surface area contributed by atoms with E-state index in [9.17, 15) is 4.79 Å². The maximum Gasteiger partial charge on any atom is 0.251 e. The summed E-state index contributed by atoms with van der Waals surface area (Å²) in [6.45, 7) is 4.69. The van der Waals surface area contributed by atoms with E-state index >= 15 is 0 Å². The van der Waals surface area contributed by atoms with Crippen LogP contribution >= 0.6 is 0 Å². The van der Waals surface area contributed by atoms with Crippen LogP contribution in [0, 0.1) is 5.92 Å². The summed E-state index contributed by atoms with van der Waals surface area (Å²) in [5, 5.41) is 3.06. The Morgan fingerprint density at radius 3 is 2.40 bits per heavy atom. The van der Waals surface area contributed by atoms with E-state index in [0.29, 0.717) is 18.1 Å². The van der Waals surface area contributed by atoms with Gasteiger partial charge in [0.1, 0.15) is 12.6 Å². The number of carbonyl (C=O) groups is 1. The van der Waals surface area contributed by atoms with Crippen LogP contribution in [0.15, 0.2) is 65.7 Å². The van der Waals surface area contributed by atoms with Crippen molar-refractivity contribution in [1.29, 1.82) is 0 Å². The smallest absolute Gasteiger partial charge is 0.251 e. The Balaban J connectivity index is 1.68. The van der Waals surface area contributed by atoms with E-state index in [2.05, 4.69) is 31.3 Å². The number of aliphatic imine (C=N–C) groups is 1. The molecule has 0 saturated heterocycles. The molecule has 0 aliphatic carbocycles. The Bertz CT molecular complexity index is 726. The first kappa shape index (κ1) is 17.2. The van der Waals surface area contributed by atoms with Crippen LogP contribution in [0.4, 0.5) is 0 Å². The van der Waals surface area contributed by atoms with Gasteiger partial charge in [0, 0.05) is 5.56 Å². The minimum absolute atomic E-state index is 0.0999. The number of hydrogen-bond donors (Lipinski definition) is 1. The third-order valence-corrected chi connectivity index (χ3v) is 4.30. The summed E-state index contributed by atoms with van der Waals surface area (Å²) < 4.78 is 5.83. The maximum absolute atomic E-state index is 12.5. The zero-order valence-electron chi connectivity index (χ0n) is 14.7. The molecular formula is C21H24N2O2. The van der Waals surface area contributed by atoms with Crippen molar-refractivity contribution in [1.82, 2.24) is 5.32 Å². The molecule has 4 nitrogen and oxygen atoms in total. The highest BCUT2D eigenvalue weighted by Gasteiger charge is 2.29. The molecule has 0 spiro atoms. The Kier molecular flexibility index (Phi) is 5.49. The molecule has 2 aromatic carbocycles. The molecule has 4 heteroatoms. The van der Waals surface area contributed by atoms with Crippen LogP contribution in [0.3, 0.4) is 0 Å². The molecule has 1 aliphatic heterocycles. The van der Waals surface area contributed by atoms with Gasteiger partial charge in [-0.15, -0.1) is 0 Å². The minimum atomic E-state index is -0.214. The highest BCUT2D eigenvalue weighted by atomic mass is 16.5. The first-order chi connectivity index (χ1) is 12.1. The second kappa shape index (κ2) is 7.97. The van der Waals surface area contributed by atoms with Crippen LogP contribution in [0.5, 0.6) is 0 Å². The van der Waals surface area contributed by atoms with Gasteiger partial charge in [0.15, 0.2) is 0 Å². The van der Waals surface area contributed by atoms with Crippen molar-refractivity contribution in [3.05, 3.63) is 71.8 Å². The molecule has 3 rings (SSSR count). The largest absolute Gasteiger partial charge is 0.477 e. The van der Waals surface area contributed by atoms with Crippen molar-refractivity contribution in [2.45, 2.75) is 32.4 Å². The minimum Gasteiger partial charge on any atom is -0.477 e. The summed E-state index contributed by atoms with van der Waals surface area (Å²) in [5.41, 5.74) is 1.89. The van der Waals surface area contributed by atoms with Gasteiger partial charge in [0.25, 0.3) is 5.91 Å². The molecule has 0 aromatic heterocycles. The fourth-order valence-corrected chi connectivity index (χ4v) is 2.92. The van der Waals surface area contributed by atoms with E-state index in [1.807, 2.05) is 48.5 Å². The Morgan fingerprint density at radius 2 is 1.76 bits per heavy atom. The summed E-state index contributed by atoms with van der Waals surface area (Å²) in [6.07, 6.45) is 0.849. The van der Waals surface area contributed by atoms with Gasteiger partial charge in [-0.05, 0) is 30.0 Å². The van der Waals surface area contributed by atoms with Crippen molar-refractivity contribution < 1.29 is 9.53 Å². The second-order valence-electron chi connectivity index (χ2n) is 6.68. The van der Waals surface area contributed by atoms with Crippen LogP contribution in [0.2, 0.25) is 0 Å². The van der Waals surface area contributed by atoms with Crippen LogP contribution in [-0.4, -0.2) is 30.5 Å². The van der Waals surface area contributed by atoms with Crippen molar-refractivity contribution in [3.8, 4) is 0 Å².